The first kappa shape index (κ1) is 15.6. The molecule has 0 unspecified atom stereocenters. The van der Waals surface area contributed by atoms with Crippen molar-refractivity contribution in [1.82, 2.24) is 0 Å². The van der Waals surface area contributed by atoms with Gasteiger partial charge in [-0.15, -0.1) is 0 Å². The van der Waals surface area contributed by atoms with E-state index in [0.717, 1.165) is 22.3 Å². The summed E-state index contributed by atoms with van der Waals surface area (Å²) in [5, 5.41) is 0. The van der Waals surface area contributed by atoms with Crippen LogP contribution < -0.4 is 11.5 Å². The fourth-order valence-electron chi connectivity index (χ4n) is 2.71. The molecule has 4 nitrogen and oxygen atoms in total. The van der Waals surface area contributed by atoms with Crippen LogP contribution >= 0.6 is 0 Å². The maximum Gasteiger partial charge on any atom is 0.338 e. The second-order valence-electron chi connectivity index (χ2n) is 5.46. The first-order chi connectivity index (χ1) is 11.6. The lowest BCUT2D eigenvalue weighted by Gasteiger charge is -2.14. The van der Waals surface area contributed by atoms with Crippen molar-refractivity contribution in [1.29, 1.82) is 0 Å². The van der Waals surface area contributed by atoms with Crippen molar-refractivity contribution in [3.8, 4) is 22.3 Å². The maximum absolute atomic E-state index is 12.1. The van der Waals surface area contributed by atoms with Crippen LogP contribution in [0.3, 0.4) is 0 Å². The smallest absolute Gasteiger partial charge is 0.338 e. The van der Waals surface area contributed by atoms with Gasteiger partial charge < -0.3 is 16.2 Å². The third kappa shape index (κ3) is 2.94. The van der Waals surface area contributed by atoms with Gasteiger partial charge in [-0.1, -0.05) is 36.4 Å². The number of methoxy groups -OCH3 is 1. The molecule has 0 atom stereocenters. The average molecular weight is 318 g/mol. The first-order valence-corrected chi connectivity index (χ1v) is 7.53. The van der Waals surface area contributed by atoms with Crippen molar-refractivity contribution in [3.05, 3.63) is 72.3 Å². The Morgan fingerprint density at radius 2 is 1.46 bits per heavy atom. The van der Waals surface area contributed by atoms with Crippen LogP contribution in [0.2, 0.25) is 0 Å². The van der Waals surface area contributed by atoms with Gasteiger partial charge in [0.05, 0.1) is 12.7 Å². The molecule has 0 spiro atoms. The largest absolute Gasteiger partial charge is 0.465 e. The zero-order chi connectivity index (χ0) is 17.1. The third-order valence-electron chi connectivity index (χ3n) is 3.89. The van der Waals surface area contributed by atoms with Crippen molar-refractivity contribution in [2.24, 2.45) is 0 Å². The standard InChI is InChI=1S/C20H18N2O2/c1-24-20(23)18-5-3-2-4-17(18)19-12-15(22)10-11-16(19)13-6-8-14(21)9-7-13/h2-12H,21-22H2,1H3. The molecular formula is C20H18N2O2. The Labute approximate surface area is 140 Å². The van der Waals surface area contributed by atoms with Crippen molar-refractivity contribution >= 4 is 17.3 Å². The van der Waals surface area contributed by atoms with Gasteiger partial charge in [-0.2, -0.15) is 0 Å². The Hall–Kier alpha value is -3.27. The van der Waals surface area contributed by atoms with E-state index < -0.39 is 0 Å². The van der Waals surface area contributed by atoms with Crippen LogP contribution in [0.15, 0.2) is 66.7 Å². The maximum atomic E-state index is 12.1. The lowest BCUT2D eigenvalue weighted by atomic mass is 9.91. The molecule has 3 aromatic carbocycles. The molecule has 24 heavy (non-hydrogen) atoms. The first-order valence-electron chi connectivity index (χ1n) is 7.53. The summed E-state index contributed by atoms with van der Waals surface area (Å²) >= 11 is 0. The van der Waals surface area contributed by atoms with E-state index in [1.807, 2.05) is 60.7 Å². The summed E-state index contributed by atoms with van der Waals surface area (Å²) in [5.74, 6) is -0.378. The van der Waals surface area contributed by atoms with Gasteiger partial charge in [0.15, 0.2) is 0 Å². The molecule has 4 N–H and O–H groups in total. The number of nitrogen functional groups attached to an aromatic ring is 2. The normalized spacial score (nSPS) is 10.4. The molecule has 0 amide bonds. The van der Waals surface area contributed by atoms with E-state index in [0.29, 0.717) is 16.9 Å². The molecule has 0 bridgehead atoms. The Morgan fingerprint density at radius 3 is 2.17 bits per heavy atom. The van der Waals surface area contributed by atoms with Crippen LogP contribution in [0.5, 0.6) is 0 Å². The van der Waals surface area contributed by atoms with Crippen LogP contribution in [0, 0.1) is 0 Å². The van der Waals surface area contributed by atoms with Crippen molar-refractivity contribution in [2.45, 2.75) is 0 Å². The predicted molar refractivity (Wildman–Crippen MR) is 97.5 cm³/mol. The summed E-state index contributed by atoms with van der Waals surface area (Å²) in [6, 6.07) is 20.6. The third-order valence-corrected chi connectivity index (χ3v) is 3.89. The highest BCUT2D eigenvalue weighted by Crippen LogP contribution is 2.36. The highest BCUT2D eigenvalue weighted by atomic mass is 16.5. The molecule has 4 heteroatoms. The summed E-state index contributed by atoms with van der Waals surface area (Å²) < 4.78 is 4.90. The van der Waals surface area contributed by atoms with Gasteiger partial charge in [-0.25, -0.2) is 4.79 Å². The average Bonchev–Trinajstić information content (AvgIpc) is 2.62. The van der Waals surface area contributed by atoms with Gasteiger partial charge in [0.25, 0.3) is 0 Å². The molecule has 0 radical (unpaired) electrons. The summed E-state index contributed by atoms with van der Waals surface area (Å²) in [5.41, 5.74) is 17.2. The summed E-state index contributed by atoms with van der Waals surface area (Å²) in [6.07, 6.45) is 0. The summed E-state index contributed by atoms with van der Waals surface area (Å²) in [6.45, 7) is 0. The van der Waals surface area contributed by atoms with Crippen LogP contribution in [0.25, 0.3) is 22.3 Å². The lowest BCUT2D eigenvalue weighted by Crippen LogP contribution is -2.04. The topological polar surface area (TPSA) is 78.3 Å². The van der Waals surface area contributed by atoms with Crippen LogP contribution in [0.4, 0.5) is 11.4 Å². The van der Waals surface area contributed by atoms with E-state index in [1.165, 1.54) is 7.11 Å². The van der Waals surface area contributed by atoms with Crippen LogP contribution in [0.1, 0.15) is 10.4 Å². The molecule has 0 saturated carbocycles. The second kappa shape index (κ2) is 6.46. The number of carbonyl (C=O) groups is 1. The number of carbonyl (C=O) groups excluding carboxylic acids is 1. The number of rotatable bonds is 3. The molecule has 0 saturated heterocycles. The fraction of sp³-hybridized carbons (Fsp3) is 0.0500. The van der Waals surface area contributed by atoms with E-state index in [9.17, 15) is 4.79 Å². The number of benzene rings is 3. The second-order valence-corrected chi connectivity index (χ2v) is 5.46. The van der Waals surface area contributed by atoms with Crippen molar-refractivity contribution in [2.75, 3.05) is 18.6 Å². The van der Waals surface area contributed by atoms with E-state index in [-0.39, 0.29) is 5.97 Å². The molecule has 0 aliphatic heterocycles. The Morgan fingerprint density at radius 1 is 0.792 bits per heavy atom. The quantitative estimate of drug-likeness (QED) is 0.566. The molecule has 0 heterocycles. The minimum Gasteiger partial charge on any atom is -0.465 e. The van der Waals surface area contributed by atoms with E-state index in [4.69, 9.17) is 16.2 Å². The molecule has 0 aromatic heterocycles. The van der Waals surface area contributed by atoms with Crippen molar-refractivity contribution in [3.63, 3.8) is 0 Å². The van der Waals surface area contributed by atoms with Gasteiger partial charge in [0.1, 0.15) is 0 Å². The monoisotopic (exact) mass is 318 g/mol. The molecule has 3 aromatic rings. The fourth-order valence-corrected chi connectivity index (χ4v) is 2.71. The predicted octanol–water partition coefficient (Wildman–Crippen LogP) is 3.97. The zero-order valence-electron chi connectivity index (χ0n) is 13.3. The number of ether oxygens (including phenoxy) is 1. The van der Waals surface area contributed by atoms with Gasteiger partial charge in [-0.05, 0) is 52.6 Å². The summed E-state index contributed by atoms with van der Waals surface area (Å²) in [7, 11) is 1.37. The molecule has 0 fully saturated rings. The molecule has 3 rings (SSSR count). The lowest BCUT2D eigenvalue weighted by molar-refractivity contribution is 0.0601. The number of hydrogen-bond acceptors (Lipinski definition) is 4. The molecule has 120 valence electrons. The highest BCUT2D eigenvalue weighted by Gasteiger charge is 2.16. The highest BCUT2D eigenvalue weighted by molar-refractivity contribution is 6.00. The van der Waals surface area contributed by atoms with E-state index in [1.54, 1.807) is 6.07 Å². The van der Waals surface area contributed by atoms with Gasteiger partial charge in [0, 0.05) is 11.4 Å². The van der Waals surface area contributed by atoms with Crippen LogP contribution in [-0.4, -0.2) is 13.1 Å². The molecular weight excluding hydrogens is 300 g/mol. The number of hydrogen-bond donors (Lipinski definition) is 2. The number of esters is 1. The number of anilines is 2. The Bertz CT molecular complexity index is 886. The minimum absolute atomic E-state index is 0.378. The molecule has 0 aliphatic rings. The Kier molecular flexibility index (Phi) is 4.20. The molecule has 0 aliphatic carbocycles. The SMILES string of the molecule is COC(=O)c1ccccc1-c1cc(N)ccc1-c1ccc(N)cc1. The zero-order valence-corrected chi connectivity index (χ0v) is 13.3. The minimum atomic E-state index is -0.378. The van der Waals surface area contributed by atoms with Crippen molar-refractivity contribution < 1.29 is 9.53 Å². The van der Waals surface area contributed by atoms with Gasteiger partial charge in [-0.3, -0.25) is 0 Å². The van der Waals surface area contributed by atoms with Gasteiger partial charge in [0.2, 0.25) is 0 Å². The van der Waals surface area contributed by atoms with Crippen LogP contribution in [-0.2, 0) is 4.74 Å². The number of nitrogens with two attached hydrogens (primary N) is 2. The summed E-state index contributed by atoms with van der Waals surface area (Å²) in [4.78, 5) is 12.1. The van der Waals surface area contributed by atoms with Gasteiger partial charge >= 0.3 is 5.97 Å². The van der Waals surface area contributed by atoms with E-state index >= 15 is 0 Å². The van der Waals surface area contributed by atoms with E-state index in [2.05, 4.69) is 0 Å². The Balaban J connectivity index is 2.24.